The van der Waals surface area contributed by atoms with Gasteiger partial charge in [0.25, 0.3) is 0 Å². The van der Waals surface area contributed by atoms with Crippen molar-refractivity contribution in [3.05, 3.63) is 58.6 Å². The lowest BCUT2D eigenvalue weighted by Gasteiger charge is -2.08. The largest absolute Gasteiger partial charge is 0.494 e. The zero-order valence-corrected chi connectivity index (χ0v) is 12.6. The summed E-state index contributed by atoms with van der Waals surface area (Å²) < 4.78 is 6.42. The molecule has 0 heterocycles. The third-order valence-corrected chi connectivity index (χ3v) is 3.41. The van der Waals surface area contributed by atoms with Crippen molar-refractivity contribution in [1.29, 1.82) is 5.26 Å². The molecule has 3 nitrogen and oxygen atoms in total. The van der Waals surface area contributed by atoms with Gasteiger partial charge in [0.1, 0.15) is 11.8 Å². The first kappa shape index (κ1) is 14.4. The maximum Gasteiger partial charge on any atom is 0.119 e. The summed E-state index contributed by atoms with van der Waals surface area (Å²) in [6.45, 7) is 1.50. The van der Waals surface area contributed by atoms with Gasteiger partial charge in [-0.1, -0.05) is 18.2 Å². The fourth-order valence-corrected chi connectivity index (χ4v) is 2.19. The molecule has 2 rings (SSSR count). The molecule has 0 aliphatic rings. The van der Waals surface area contributed by atoms with E-state index in [9.17, 15) is 0 Å². The Morgan fingerprint density at radius 3 is 2.65 bits per heavy atom. The highest BCUT2D eigenvalue weighted by molar-refractivity contribution is 9.10. The van der Waals surface area contributed by atoms with Crippen LogP contribution in [0.2, 0.25) is 0 Å². The SMILES string of the molecule is N#Cc1ccc(NCCCOc2ccccc2)cc1Br. The zero-order valence-electron chi connectivity index (χ0n) is 11.0. The van der Waals surface area contributed by atoms with Gasteiger partial charge in [0, 0.05) is 16.7 Å². The Morgan fingerprint density at radius 1 is 1.15 bits per heavy atom. The van der Waals surface area contributed by atoms with Crippen molar-refractivity contribution in [3.63, 3.8) is 0 Å². The average molecular weight is 331 g/mol. The Labute approximate surface area is 127 Å². The number of nitrogens with one attached hydrogen (secondary N) is 1. The molecule has 0 saturated heterocycles. The van der Waals surface area contributed by atoms with Gasteiger partial charge in [-0.3, -0.25) is 0 Å². The summed E-state index contributed by atoms with van der Waals surface area (Å²) >= 11 is 3.37. The van der Waals surface area contributed by atoms with Crippen LogP contribution < -0.4 is 10.1 Å². The van der Waals surface area contributed by atoms with E-state index in [1.54, 1.807) is 6.07 Å². The molecule has 0 radical (unpaired) electrons. The summed E-state index contributed by atoms with van der Waals surface area (Å²) in [4.78, 5) is 0. The lowest BCUT2D eigenvalue weighted by Crippen LogP contribution is -2.07. The fraction of sp³-hybridized carbons (Fsp3) is 0.188. The normalized spacial score (nSPS) is 9.80. The quantitative estimate of drug-likeness (QED) is 0.807. The van der Waals surface area contributed by atoms with E-state index in [0.29, 0.717) is 12.2 Å². The third-order valence-electron chi connectivity index (χ3n) is 2.75. The second kappa shape index (κ2) is 7.56. The molecule has 0 amide bonds. The lowest BCUT2D eigenvalue weighted by molar-refractivity contribution is 0.315. The van der Waals surface area contributed by atoms with Crippen LogP contribution in [-0.4, -0.2) is 13.2 Å². The molecule has 2 aromatic carbocycles. The molecule has 0 unspecified atom stereocenters. The first-order valence-corrected chi connectivity index (χ1v) is 7.20. The van der Waals surface area contributed by atoms with Crippen LogP contribution in [0.3, 0.4) is 0 Å². The molecule has 20 heavy (non-hydrogen) atoms. The summed E-state index contributed by atoms with van der Waals surface area (Å²) in [6.07, 6.45) is 0.909. The van der Waals surface area contributed by atoms with Gasteiger partial charge < -0.3 is 10.1 Å². The van der Waals surface area contributed by atoms with Crippen molar-refractivity contribution in [1.82, 2.24) is 0 Å². The summed E-state index contributed by atoms with van der Waals surface area (Å²) in [7, 11) is 0. The summed E-state index contributed by atoms with van der Waals surface area (Å²) in [6, 6.07) is 17.5. The molecule has 0 fully saturated rings. The number of hydrogen-bond donors (Lipinski definition) is 1. The first-order valence-electron chi connectivity index (χ1n) is 6.41. The van der Waals surface area contributed by atoms with Crippen molar-refractivity contribution in [2.45, 2.75) is 6.42 Å². The minimum atomic E-state index is 0.642. The molecular formula is C16H15BrN2O. The molecule has 102 valence electrons. The number of halogens is 1. The van der Waals surface area contributed by atoms with Gasteiger partial charge in [-0.25, -0.2) is 0 Å². The number of nitriles is 1. The van der Waals surface area contributed by atoms with Crippen LogP contribution in [0.5, 0.6) is 5.75 Å². The van der Waals surface area contributed by atoms with Crippen LogP contribution in [0.15, 0.2) is 53.0 Å². The van der Waals surface area contributed by atoms with E-state index >= 15 is 0 Å². The Balaban J connectivity index is 1.71. The van der Waals surface area contributed by atoms with Crippen LogP contribution in [0.4, 0.5) is 5.69 Å². The van der Waals surface area contributed by atoms with Crippen molar-refractivity contribution in [2.75, 3.05) is 18.5 Å². The number of para-hydroxylation sites is 1. The maximum absolute atomic E-state index is 8.85. The smallest absolute Gasteiger partial charge is 0.119 e. The number of nitrogens with zero attached hydrogens (tertiary/aromatic N) is 1. The Morgan fingerprint density at radius 2 is 1.95 bits per heavy atom. The molecule has 0 bridgehead atoms. The van der Waals surface area contributed by atoms with Gasteiger partial charge in [-0.15, -0.1) is 0 Å². The van der Waals surface area contributed by atoms with Crippen LogP contribution in [0, 0.1) is 11.3 Å². The van der Waals surface area contributed by atoms with Crippen LogP contribution in [0.25, 0.3) is 0 Å². The van der Waals surface area contributed by atoms with E-state index < -0.39 is 0 Å². The van der Waals surface area contributed by atoms with Gasteiger partial charge >= 0.3 is 0 Å². The highest BCUT2D eigenvalue weighted by atomic mass is 79.9. The Hall–Kier alpha value is -1.99. The van der Waals surface area contributed by atoms with E-state index in [4.69, 9.17) is 10.00 Å². The molecule has 4 heteroatoms. The van der Waals surface area contributed by atoms with E-state index in [1.807, 2.05) is 42.5 Å². The highest BCUT2D eigenvalue weighted by Crippen LogP contribution is 2.20. The van der Waals surface area contributed by atoms with Gasteiger partial charge in [-0.2, -0.15) is 5.26 Å². The van der Waals surface area contributed by atoms with Gasteiger partial charge in [-0.05, 0) is 52.7 Å². The van der Waals surface area contributed by atoms with Gasteiger partial charge in [0.05, 0.1) is 12.2 Å². The number of anilines is 1. The monoisotopic (exact) mass is 330 g/mol. The first-order chi connectivity index (χ1) is 9.79. The second-order valence-corrected chi connectivity index (χ2v) is 5.10. The average Bonchev–Trinajstić information content (AvgIpc) is 2.48. The molecule has 0 aliphatic heterocycles. The molecule has 0 saturated carbocycles. The fourth-order valence-electron chi connectivity index (χ4n) is 1.73. The van der Waals surface area contributed by atoms with E-state index in [1.165, 1.54) is 0 Å². The van der Waals surface area contributed by atoms with E-state index in [0.717, 1.165) is 28.9 Å². The lowest BCUT2D eigenvalue weighted by atomic mass is 10.2. The molecule has 0 aliphatic carbocycles. The Bertz CT molecular complexity index is 593. The molecular weight excluding hydrogens is 316 g/mol. The summed E-state index contributed by atoms with van der Waals surface area (Å²) in [5.41, 5.74) is 1.64. The summed E-state index contributed by atoms with van der Waals surface area (Å²) in [5.74, 6) is 0.897. The van der Waals surface area contributed by atoms with Crippen LogP contribution in [-0.2, 0) is 0 Å². The highest BCUT2D eigenvalue weighted by Gasteiger charge is 2.00. The molecule has 1 N–H and O–H groups in total. The van der Waals surface area contributed by atoms with Gasteiger partial charge in [0.15, 0.2) is 0 Å². The number of hydrogen-bond acceptors (Lipinski definition) is 3. The predicted octanol–water partition coefficient (Wildman–Crippen LogP) is 4.20. The molecule has 0 spiro atoms. The van der Waals surface area contributed by atoms with Gasteiger partial charge in [0.2, 0.25) is 0 Å². The number of rotatable bonds is 6. The van der Waals surface area contributed by atoms with Crippen molar-refractivity contribution < 1.29 is 4.74 Å². The Kier molecular flexibility index (Phi) is 5.45. The second-order valence-electron chi connectivity index (χ2n) is 4.25. The van der Waals surface area contributed by atoms with E-state index in [2.05, 4.69) is 27.3 Å². The summed E-state index contributed by atoms with van der Waals surface area (Å²) in [5, 5.41) is 12.2. The van der Waals surface area contributed by atoms with Crippen molar-refractivity contribution >= 4 is 21.6 Å². The minimum Gasteiger partial charge on any atom is -0.494 e. The molecule has 0 aromatic heterocycles. The molecule has 0 atom stereocenters. The van der Waals surface area contributed by atoms with Crippen LogP contribution in [0.1, 0.15) is 12.0 Å². The molecule has 2 aromatic rings. The maximum atomic E-state index is 8.85. The third kappa shape index (κ3) is 4.29. The van der Waals surface area contributed by atoms with Crippen LogP contribution >= 0.6 is 15.9 Å². The number of benzene rings is 2. The van der Waals surface area contributed by atoms with Crippen molar-refractivity contribution in [3.8, 4) is 11.8 Å². The van der Waals surface area contributed by atoms with Crippen molar-refractivity contribution in [2.24, 2.45) is 0 Å². The number of ether oxygens (including phenoxy) is 1. The van der Waals surface area contributed by atoms with E-state index in [-0.39, 0.29) is 0 Å². The standard InChI is InChI=1S/C16H15BrN2O/c17-16-11-14(8-7-13(16)12-18)19-9-4-10-20-15-5-2-1-3-6-15/h1-3,5-8,11,19H,4,9-10H2. The predicted molar refractivity (Wildman–Crippen MR) is 83.9 cm³/mol. The topological polar surface area (TPSA) is 45.0 Å². The minimum absolute atomic E-state index is 0.642. The zero-order chi connectivity index (χ0) is 14.2.